The molecule has 1 fully saturated rings. The molecule has 0 spiro atoms. The van der Waals surface area contributed by atoms with E-state index in [2.05, 4.69) is 5.10 Å². The van der Waals surface area contributed by atoms with Gasteiger partial charge in [0.05, 0.1) is 12.3 Å². The lowest BCUT2D eigenvalue weighted by Crippen LogP contribution is -2.14. The zero-order valence-corrected chi connectivity index (χ0v) is 10.4. The van der Waals surface area contributed by atoms with Crippen LogP contribution in [0.5, 0.6) is 0 Å². The molecule has 0 bridgehead atoms. The van der Waals surface area contributed by atoms with Gasteiger partial charge >= 0.3 is 0 Å². The molecule has 1 aliphatic rings. The van der Waals surface area contributed by atoms with Crippen molar-refractivity contribution in [1.82, 2.24) is 9.78 Å². The van der Waals surface area contributed by atoms with Gasteiger partial charge in [0.2, 0.25) is 0 Å². The molecule has 2 unspecified atom stereocenters. The first-order valence-electron chi connectivity index (χ1n) is 5.71. The Morgan fingerprint density at radius 3 is 3.19 bits per heavy atom. The number of aromatic nitrogens is 2. The highest BCUT2D eigenvalue weighted by Gasteiger charge is 2.19. The predicted octanol–water partition coefficient (Wildman–Crippen LogP) is 1.33. The summed E-state index contributed by atoms with van der Waals surface area (Å²) >= 11 is 1.88. The van der Waals surface area contributed by atoms with E-state index in [1.54, 1.807) is 0 Å². The van der Waals surface area contributed by atoms with Crippen LogP contribution in [0.15, 0.2) is 12.4 Å². The van der Waals surface area contributed by atoms with E-state index in [4.69, 9.17) is 10.5 Å². The fraction of sp³-hybridized carbons (Fsp3) is 0.727. The van der Waals surface area contributed by atoms with Gasteiger partial charge in [-0.05, 0) is 12.8 Å². The Morgan fingerprint density at radius 1 is 1.75 bits per heavy atom. The number of hydrogen-bond acceptors (Lipinski definition) is 4. The number of thioether (sulfide) groups is 1. The van der Waals surface area contributed by atoms with E-state index in [1.807, 2.05) is 35.9 Å². The van der Waals surface area contributed by atoms with Gasteiger partial charge in [-0.25, -0.2) is 0 Å². The maximum absolute atomic E-state index is 5.80. The van der Waals surface area contributed by atoms with Gasteiger partial charge in [0.1, 0.15) is 0 Å². The second-order valence-electron chi connectivity index (χ2n) is 4.14. The molecular weight excluding hydrogens is 222 g/mol. The molecule has 0 aliphatic carbocycles. The van der Waals surface area contributed by atoms with Crippen molar-refractivity contribution in [2.24, 2.45) is 12.8 Å². The molecule has 1 aliphatic heterocycles. The van der Waals surface area contributed by atoms with Gasteiger partial charge in [0, 0.05) is 43.0 Å². The lowest BCUT2D eigenvalue weighted by atomic mass is 10.2. The number of nitrogens with two attached hydrogens (primary N) is 1. The highest BCUT2D eigenvalue weighted by molar-refractivity contribution is 7.99. The number of rotatable bonds is 5. The molecule has 2 heterocycles. The zero-order chi connectivity index (χ0) is 11.4. The Balaban J connectivity index is 1.85. The molecular formula is C11H19N3OS. The van der Waals surface area contributed by atoms with Crippen LogP contribution in [0.25, 0.3) is 0 Å². The molecule has 0 aromatic carbocycles. The summed E-state index contributed by atoms with van der Waals surface area (Å²) in [5.74, 6) is 1.04. The molecule has 2 N–H and O–H groups in total. The average molecular weight is 241 g/mol. The number of hydrogen-bond donors (Lipinski definition) is 1. The summed E-state index contributed by atoms with van der Waals surface area (Å²) in [4.78, 5) is 0. The molecule has 4 nitrogen and oxygen atoms in total. The largest absolute Gasteiger partial charge is 0.377 e. The number of aryl methyl sites for hydroxylation is 1. The smallest absolute Gasteiger partial charge is 0.0666 e. The summed E-state index contributed by atoms with van der Waals surface area (Å²) in [6, 6.07) is 0. The van der Waals surface area contributed by atoms with Crippen molar-refractivity contribution in [1.29, 1.82) is 0 Å². The first-order chi connectivity index (χ1) is 7.79. The van der Waals surface area contributed by atoms with Crippen molar-refractivity contribution >= 4 is 11.8 Å². The topological polar surface area (TPSA) is 53.1 Å². The Morgan fingerprint density at radius 2 is 2.62 bits per heavy atom. The quantitative estimate of drug-likeness (QED) is 0.845. The van der Waals surface area contributed by atoms with Crippen LogP contribution in [0, 0.1) is 0 Å². The first kappa shape index (κ1) is 12.0. The van der Waals surface area contributed by atoms with E-state index in [0.29, 0.717) is 17.9 Å². The van der Waals surface area contributed by atoms with E-state index in [1.165, 1.54) is 18.4 Å². The van der Waals surface area contributed by atoms with Crippen LogP contribution in [0.4, 0.5) is 0 Å². The van der Waals surface area contributed by atoms with Gasteiger partial charge in [0.15, 0.2) is 0 Å². The molecule has 0 saturated carbocycles. The lowest BCUT2D eigenvalue weighted by molar-refractivity contribution is 0.129. The standard InChI is InChI=1S/C11H19N3OS/c1-14-7-9(6-13-14)11(5-12)16-8-10-3-2-4-15-10/h6-7,10-11H,2-5,8,12H2,1H3. The van der Waals surface area contributed by atoms with E-state index in [9.17, 15) is 0 Å². The highest BCUT2D eigenvalue weighted by atomic mass is 32.2. The minimum Gasteiger partial charge on any atom is -0.377 e. The van der Waals surface area contributed by atoms with Gasteiger partial charge in [0.25, 0.3) is 0 Å². The Kier molecular flexibility index (Phi) is 4.26. The van der Waals surface area contributed by atoms with Crippen LogP contribution in [0.3, 0.4) is 0 Å². The summed E-state index contributed by atoms with van der Waals surface area (Å²) in [6.07, 6.45) is 6.76. The molecule has 0 radical (unpaired) electrons. The monoisotopic (exact) mass is 241 g/mol. The van der Waals surface area contributed by atoms with Gasteiger partial charge in [-0.1, -0.05) is 0 Å². The van der Waals surface area contributed by atoms with Crippen LogP contribution in [-0.4, -0.2) is 34.8 Å². The van der Waals surface area contributed by atoms with Crippen LogP contribution < -0.4 is 5.73 Å². The number of ether oxygens (including phenoxy) is 1. The van der Waals surface area contributed by atoms with Crippen molar-refractivity contribution in [2.75, 3.05) is 18.9 Å². The number of nitrogens with zero attached hydrogens (tertiary/aromatic N) is 2. The van der Waals surface area contributed by atoms with Crippen molar-refractivity contribution in [3.05, 3.63) is 18.0 Å². The third-order valence-corrected chi connectivity index (χ3v) is 4.25. The maximum Gasteiger partial charge on any atom is 0.0666 e. The van der Waals surface area contributed by atoms with Crippen LogP contribution in [0.1, 0.15) is 23.7 Å². The molecule has 90 valence electrons. The normalized spacial score (nSPS) is 22.5. The van der Waals surface area contributed by atoms with E-state index >= 15 is 0 Å². The van der Waals surface area contributed by atoms with Gasteiger partial charge in [-0.3, -0.25) is 4.68 Å². The summed E-state index contributed by atoms with van der Waals surface area (Å²) in [5, 5.41) is 4.53. The van der Waals surface area contributed by atoms with Crippen LogP contribution in [-0.2, 0) is 11.8 Å². The van der Waals surface area contributed by atoms with E-state index in [0.717, 1.165) is 12.4 Å². The molecule has 5 heteroatoms. The molecule has 1 aromatic heterocycles. The first-order valence-corrected chi connectivity index (χ1v) is 6.76. The average Bonchev–Trinajstić information content (AvgIpc) is 2.91. The molecule has 2 rings (SSSR count). The van der Waals surface area contributed by atoms with Crippen molar-refractivity contribution in [3.63, 3.8) is 0 Å². The Hall–Kier alpha value is -0.520. The molecule has 2 atom stereocenters. The van der Waals surface area contributed by atoms with Gasteiger partial charge in [-0.2, -0.15) is 5.10 Å². The van der Waals surface area contributed by atoms with Crippen LogP contribution in [0.2, 0.25) is 0 Å². The summed E-state index contributed by atoms with van der Waals surface area (Å²) in [7, 11) is 1.93. The van der Waals surface area contributed by atoms with E-state index in [-0.39, 0.29) is 0 Å². The summed E-state index contributed by atoms with van der Waals surface area (Å²) in [6.45, 7) is 1.58. The lowest BCUT2D eigenvalue weighted by Gasteiger charge is -2.15. The Labute approximate surface area is 101 Å². The fourth-order valence-electron chi connectivity index (χ4n) is 1.91. The summed E-state index contributed by atoms with van der Waals surface area (Å²) in [5.41, 5.74) is 7.02. The van der Waals surface area contributed by atoms with Crippen LogP contribution >= 0.6 is 11.8 Å². The Bertz CT molecular complexity index is 323. The van der Waals surface area contributed by atoms with Crippen molar-refractivity contribution < 1.29 is 4.74 Å². The highest BCUT2D eigenvalue weighted by Crippen LogP contribution is 2.30. The van der Waals surface area contributed by atoms with Gasteiger partial charge in [-0.15, -0.1) is 11.8 Å². The third-order valence-electron chi connectivity index (χ3n) is 2.82. The van der Waals surface area contributed by atoms with Crippen molar-refractivity contribution in [3.8, 4) is 0 Å². The fourth-order valence-corrected chi connectivity index (χ4v) is 3.07. The minimum atomic E-state index is 0.345. The SMILES string of the molecule is Cn1cc(C(CN)SCC2CCCO2)cn1. The molecule has 16 heavy (non-hydrogen) atoms. The maximum atomic E-state index is 5.80. The molecule has 1 aromatic rings. The second-order valence-corrected chi connectivity index (χ2v) is 5.38. The second kappa shape index (κ2) is 5.70. The molecule has 0 amide bonds. The van der Waals surface area contributed by atoms with Crippen molar-refractivity contribution in [2.45, 2.75) is 24.2 Å². The van der Waals surface area contributed by atoms with E-state index < -0.39 is 0 Å². The molecule has 1 saturated heterocycles. The third kappa shape index (κ3) is 2.99. The summed E-state index contributed by atoms with van der Waals surface area (Å²) < 4.78 is 7.43. The van der Waals surface area contributed by atoms with Gasteiger partial charge < -0.3 is 10.5 Å². The zero-order valence-electron chi connectivity index (χ0n) is 9.63. The predicted molar refractivity (Wildman–Crippen MR) is 66.4 cm³/mol. The minimum absolute atomic E-state index is 0.345.